The third-order valence-electron chi connectivity index (χ3n) is 3.33. The summed E-state index contributed by atoms with van der Waals surface area (Å²) in [5.41, 5.74) is 8.88. The summed E-state index contributed by atoms with van der Waals surface area (Å²) in [6.45, 7) is 2.13. The molecular formula is C16H21NOS. The predicted octanol–water partition coefficient (Wildman–Crippen LogP) is 3.65. The molecule has 0 saturated heterocycles. The summed E-state index contributed by atoms with van der Waals surface area (Å²) >= 11 is 1.74. The van der Waals surface area contributed by atoms with Crippen molar-refractivity contribution in [2.24, 2.45) is 5.73 Å². The van der Waals surface area contributed by atoms with Gasteiger partial charge in [-0.1, -0.05) is 12.1 Å². The minimum Gasteiger partial charge on any atom is -0.497 e. The van der Waals surface area contributed by atoms with E-state index in [9.17, 15) is 0 Å². The van der Waals surface area contributed by atoms with Crippen LogP contribution >= 0.6 is 11.3 Å². The summed E-state index contributed by atoms with van der Waals surface area (Å²) in [7, 11) is 1.68. The van der Waals surface area contributed by atoms with E-state index in [1.807, 2.05) is 12.1 Å². The number of benzene rings is 1. The number of ether oxygens (including phenoxy) is 1. The first-order chi connectivity index (χ1) is 9.09. The number of nitrogens with two attached hydrogens (primary N) is 1. The third-order valence-corrected chi connectivity index (χ3v) is 4.06. The number of hydrogen-bond acceptors (Lipinski definition) is 3. The zero-order chi connectivity index (χ0) is 13.7. The fourth-order valence-electron chi connectivity index (χ4n) is 2.16. The molecule has 0 radical (unpaired) electrons. The lowest BCUT2D eigenvalue weighted by atomic mass is 9.88. The minimum atomic E-state index is -0.170. The molecule has 0 spiro atoms. The van der Waals surface area contributed by atoms with Crippen LogP contribution in [0.15, 0.2) is 41.1 Å². The van der Waals surface area contributed by atoms with Crippen LogP contribution in [0, 0.1) is 0 Å². The first-order valence-corrected chi connectivity index (χ1v) is 7.46. The van der Waals surface area contributed by atoms with Crippen LogP contribution in [0.1, 0.15) is 24.5 Å². The van der Waals surface area contributed by atoms with Gasteiger partial charge in [0.2, 0.25) is 0 Å². The average Bonchev–Trinajstić information content (AvgIpc) is 2.90. The summed E-state index contributed by atoms with van der Waals surface area (Å²) in [5.74, 6) is 0.890. The van der Waals surface area contributed by atoms with Crippen molar-refractivity contribution in [3.05, 3.63) is 52.2 Å². The van der Waals surface area contributed by atoms with Crippen LogP contribution in [0.4, 0.5) is 0 Å². The topological polar surface area (TPSA) is 35.2 Å². The van der Waals surface area contributed by atoms with Gasteiger partial charge in [0, 0.05) is 5.54 Å². The van der Waals surface area contributed by atoms with E-state index < -0.39 is 0 Å². The van der Waals surface area contributed by atoms with E-state index in [0.29, 0.717) is 0 Å². The van der Waals surface area contributed by atoms with Crippen LogP contribution in [0.2, 0.25) is 0 Å². The van der Waals surface area contributed by atoms with E-state index in [2.05, 4.69) is 35.9 Å². The van der Waals surface area contributed by atoms with Crippen molar-refractivity contribution >= 4 is 11.3 Å². The molecular weight excluding hydrogens is 254 g/mol. The molecule has 1 aromatic heterocycles. The van der Waals surface area contributed by atoms with Crippen molar-refractivity contribution in [1.82, 2.24) is 0 Å². The largest absolute Gasteiger partial charge is 0.497 e. The van der Waals surface area contributed by atoms with E-state index in [0.717, 1.165) is 25.0 Å². The van der Waals surface area contributed by atoms with E-state index >= 15 is 0 Å². The highest BCUT2D eigenvalue weighted by Gasteiger charge is 2.19. The van der Waals surface area contributed by atoms with Gasteiger partial charge in [0.05, 0.1) is 7.11 Å². The van der Waals surface area contributed by atoms with Crippen molar-refractivity contribution in [1.29, 1.82) is 0 Å². The smallest absolute Gasteiger partial charge is 0.118 e. The average molecular weight is 275 g/mol. The quantitative estimate of drug-likeness (QED) is 0.873. The molecule has 19 heavy (non-hydrogen) atoms. The normalized spacial score (nSPS) is 14.1. The van der Waals surface area contributed by atoms with Gasteiger partial charge in [-0.2, -0.15) is 11.3 Å². The Morgan fingerprint density at radius 3 is 2.47 bits per heavy atom. The van der Waals surface area contributed by atoms with Crippen molar-refractivity contribution in [3.8, 4) is 5.75 Å². The Kier molecular flexibility index (Phi) is 4.61. The minimum absolute atomic E-state index is 0.170. The highest BCUT2D eigenvalue weighted by Crippen LogP contribution is 2.20. The molecule has 0 aliphatic rings. The summed E-state index contributed by atoms with van der Waals surface area (Å²) in [4.78, 5) is 0. The van der Waals surface area contributed by atoms with E-state index in [-0.39, 0.29) is 5.54 Å². The molecule has 2 aromatic rings. The number of thiophene rings is 1. The maximum absolute atomic E-state index is 6.41. The van der Waals surface area contributed by atoms with Crippen LogP contribution in [0.25, 0.3) is 0 Å². The lowest BCUT2D eigenvalue weighted by Crippen LogP contribution is -2.39. The Morgan fingerprint density at radius 1 is 1.16 bits per heavy atom. The highest BCUT2D eigenvalue weighted by atomic mass is 32.1. The molecule has 0 aliphatic carbocycles. The van der Waals surface area contributed by atoms with Crippen LogP contribution in [-0.2, 0) is 12.8 Å². The number of methoxy groups -OCH3 is 1. The maximum atomic E-state index is 6.41. The third kappa shape index (κ3) is 4.37. The molecule has 3 heteroatoms. The molecule has 1 atom stereocenters. The van der Waals surface area contributed by atoms with Crippen molar-refractivity contribution < 1.29 is 4.74 Å². The second-order valence-electron chi connectivity index (χ2n) is 5.31. The second kappa shape index (κ2) is 6.22. The lowest BCUT2D eigenvalue weighted by Gasteiger charge is -2.24. The molecule has 0 saturated carbocycles. The van der Waals surface area contributed by atoms with Crippen LogP contribution in [-0.4, -0.2) is 12.6 Å². The van der Waals surface area contributed by atoms with Gasteiger partial charge in [-0.05, 0) is 66.3 Å². The zero-order valence-electron chi connectivity index (χ0n) is 11.6. The molecule has 0 amide bonds. The molecule has 1 unspecified atom stereocenters. The molecule has 0 fully saturated rings. The monoisotopic (exact) mass is 275 g/mol. The summed E-state index contributed by atoms with van der Waals surface area (Å²) < 4.78 is 5.17. The first-order valence-electron chi connectivity index (χ1n) is 6.52. The summed E-state index contributed by atoms with van der Waals surface area (Å²) in [5, 5.41) is 4.32. The zero-order valence-corrected chi connectivity index (χ0v) is 12.4. The Balaban J connectivity index is 1.91. The Bertz CT molecular complexity index is 488. The van der Waals surface area contributed by atoms with Gasteiger partial charge < -0.3 is 10.5 Å². The molecule has 102 valence electrons. The van der Waals surface area contributed by atoms with Gasteiger partial charge in [0.1, 0.15) is 5.75 Å². The van der Waals surface area contributed by atoms with E-state index in [1.54, 1.807) is 18.4 Å². The van der Waals surface area contributed by atoms with Crippen LogP contribution in [0.5, 0.6) is 5.75 Å². The van der Waals surface area contributed by atoms with Gasteiger partial charge in [-0.25, -0.2) is 0 Å². The number of rotatable bonds is 6. The van der Waals surface area contributed by atoms with Gasteiger partial charge >= 0.3 is 0 Å². The van der Waals surface area contributed by atoms with Crippen molar-refractivity contribution in [2.75, 3.05) is 7.11 Å². The Hall–Kier alpha value is -1.32. The first kappa shape index (κ1) is 14.1. The molecule has 0 bridgehead atoms. The number of aryl methyl sites for hydroxylation is 1. The van der Waals surface area contributed by atoms with Gasteiger partial charge in [-0.3, -0.25) is 0 Å². The maximum Gasteiger partial charge on any atom is 0.118 e. The van der Waals surface area contributed by atoms with Crippen LogP contribution in [0.3, 0.4) is 0 Å². The summed E-state index contributed by atoms with van der Waals surface area (Å²) in [6, 6.07) is 10.3. The second-order valence-corrected chi connectivity index (χ2v) is 6.09. The molecule has 2 nitrogen and oxygen atoms in total. The van der Waals surface area contributed by atoms with Crippen LogP contribution < -0.4 is 10.5 Å². The molecule has 2 rings (SSSR count). The van der Waals surface area contributed by atoms with Crippen molar-refractivity contribution in [3.63, 3.8) is 0 Å². The van der Waals surface area contributed by atoms with Crippen molar-refractivity contribution in [2.45, 2.75) is 31.7 Å². The molecule has 2 N–H and O–H groups in total. The molecule has 1 heterocycles. The Labute approximate surface area is 119 Å². The van der Waals surface area contributed by atoms with E-state index in [1.165, 1.54) is 11.1 Å². The molecule has 1 aromatic carbocycles. The predicted molar refractivity (Wildman–Crippen MR) is 81.9 cm³/mol. The number of hydrogen-bond donors (Lipinski definition) is 1. The Morgan fingerprint density at radius 2 is 1.89 bits per heavy atom. The van der Waals surface area contributed by atoms with Gasteiger partial charge in [0.15, 0.2) is 0 Å². The fraction of sp³-hybridized carbons (Fsp3) is 0.375. The standard InChI is InChI=1S/C16H21NOS/c1-16(17,9-7-14-8-10-19-12-14)11-13-3-5-15(18-2)6-4-13/h3-6,8,10,12H,7,9,11,17H2,1-2H3. The van der Waals surface area contributed by atoms with Gasteiger partial charge in [0.25, 0.3) is 0 Å². The highest BCUT2D eigenvalue weighted by molar-refractivity contribution is 7.07. The SMILES string of the molecule is COc1ccc(CC(C)(N)CCc2ccsc2)cc1. The lowest BCUT2D eigenvalue weighted by molar-refractivity contribution is 0.413. The fourth-order valence-corrected chi connectivity index (χ4v) is 2.87. The summed E-state index contributed by atoms with van der Waals surface area (Å²) in [6.07, 6.45) is 2.93. The van der Waals surface area contributed by atoms with Gasteiger partial charge in [-0.15, -0.1) is 0 Å². The molecule has 0 aliphatic heterocycles. The van der Waals surface area contributed by atoms with E-state index in [4.69, 9.17) is 10.5 Å².